The molecule has 0 radical (unpaired) electrons. The van der Waals surface area contributed by atoms with Crippen LogP contribution in [0.15, 0.2) is 40.9 Å². The van der Waals surface area contributed by atoms with Crippen LogP contribution in [0.5, 0.6) is 0 Å². The molecule has 1 unspecified atom stereocenters. The number of nitrogens with one attached hydrogen (secondary N) is 1. The molecule has 1 aliphatic rings. The van der Waals surface area contributed by atoms with Crippen molar-refractivity contribution in [3.8, 4) is 0 Å². The molecule has 3 rings (SSSR count). The first-order valence-corrected chi connectivity index (χ1v) is 5.61. The molecule has 0 aliphatic carbocycles. The van der Waals surface area contributed by atoms with Crippen LogP contribution in [0.3, 0.4) is 0 Å². The maximum atomic E-state index is 5.76. The number of fused-ring (bicyclic) bond motifs is 1. The minimum atomic E-state index is -0.531. The third kappa shape index (κ3) is 2.21. The van der Waals surface area contributed by atoms with Gasteiger partial charge in [-0.15, -0.1) is 0 Å². The lowest BCUT2D eigenvalue weighted by Gasteiger charge is -2.12. The lowest BCUT2D eigenvalue weighted by atomic mass is 10.2. The fourth-order valence-corrected chi connectivity index (χ4v) is 1.69. The van der Waals surface area contributed by atoms with Gasteiger partial charge in [-0.2, -0.15) is 10.2 Å². The zero-order chi connectivity index (χ0) is 13.2. The second-order valence-corrected chi connectivity index (χ2v) is 4.01. The van der Waals surface area contributed by atoms with Gasteiger partial charge in [-0.1, -0.05) is 0 Å². The highest BCUT2D eigenvalue weighted by molar-refractivity contribution is 6.34. The van der Waals surface area contributed by atoms with Crippen LogP contribution >= 0.6 is 0 Å². The number of benzene rings is 1. The molecule has 1 aromatic carbocycles. The van der Waals surface area contributed by atoms with Gasteiger partial charge in [-0.05, 0) is 18.2 Å². The summed E-state index contributed by atoms with van der Waals surface area (Å²) in [5, 5.41) is 10.1. The molecule has 1 aliphatic heterocycles. The predicted octanol–water partition coefficient (Wildman–Crippen LogP) is -0.142. The van der Waals surface area contributed by atoms with Crippen LogP contribution < -0.4 is 17.0 Å². The van der Waals surface area contributed by atoms with Crippen molar-refractivity contribution in [1.29, 1.82) is 0 Å². The van der Waals surface area contributed by atoms with Crippen LogP contribution in [0, 0.1) is 0 Å². The number of nitrogens with two attached hydrogens (primary N) is 2. The molecule has 1 aromatic heterocycles. The normalized spacial score (nSPS) is 20.4. The molecule has 96 valence electrons. The van der Waals surface area contributed by atoms with Gasteiger partial charge in [-0.25, -0.2) is 20.9 Å². The zero-order valence-electron chi connectivity index (χ0n) is 9.93. The third-order valence-electron chi connectivity index (χ3n) is 2.73. The maximum absolute atomic E-state index is 5.76. The van der Waals surface area contributed by atoms with Gasteiger partial charge in [0.15, 0.2) is 6.17 Å². The zero-order valence-corrected chi connectivity index (χ0v) is 9.93. The summed E-state index contributed by atoms with van der Waals surface area (Å²) in [6.45, 7) is 0. The van der Waals surface area contributed by atoms with E-state index < -0.39 is 6.17 Å². The van der Waals surface area contributed by atoms with Gasteiger partial charge in [0.05, 0.1) is 17.4 Å². The van der Waals surface area contributed by atoms with Gasteiger partial charge in [0, 0.05) is 11.6 Å². The molecule has 8 heteroatoms. The van der Waals surface area contributed by atoms with Crippen LogP contribution in [0.1, 0.15) is 0 Å². The molecule has 2 heterocycles. The van der Waals surface area contributed by atoms with Crippen LogP contribution in [0.2, 0.25) is 0 Å². The first kappa shape index (κ1) is 11.5. The number of rotatable bonds is 2. The standard InChI is InChI=1S/C11H12N8/c12-11-10(5-16-19(11)13)18-17-8-1-2-9-7(3-8)4-14-6-15-9/h1-6,11,17H,12-13H2. The first-order chi connectivity index (χ1) is 9.24. The number of anilines is 1. The van der Waals surface area contributed by atoms with Crippen molar-refractivity contribution in [1.82, 2.24) is 15.1 Å². The summed E-state index contributed by atoms with van der Waals surface area (Å²) in [5.74, 6) is 5.50. The van der Waals surface area contributed by atoms with E-state index in [1.807, 2.05) is 18.2 Å². The van der Waals surface area contributed by atoms with Gasteiger partial charge in [0.1, 0.15) is 12.0 Å². The molecule has 0 bridgehead atoms. The van der Waals surface area contributed by atoms with E-state index in [9.17, 15) is 0 Å². The predicted molar refractivity (Wildman–Crippen MR) is 73.1 cm³/mol. The SMILES string of the molecule is NC1C(=NNc2ccc3ncncc3c2)C=NN1N. The van der Waals surface area contributed by atoms with E-state index in [0.29, 0.717) is 5.71 Å². The Morgan fingerprint density at radius 1 is 1.37 bits per heavy atom. The second-order valence-electron chi connectivity index (χ2n) is 4.01. The Balaban J connectivity index is 1.82. The number of hydrogen-bond acceptors (Lipinski definition) is 8. The van der Waals surface area contributed by atoms with E-state index in [0.717, 1.165) is 21.7 Å². The average molecular weight is 256 g/mol. The highest BCUT2D eigenvalue weighted by Gasteiger charge is 2.20. The van der Waals surface area contributed by atoms with E-state index in [4.69, 9.17) is 11.6 Å². The highest BCUT2D eigenvalue weighted by Crippen LogP contribution is 2.16. The molecule has 8 nitrogen and oxygen atoms in total. The second kappa shape index (κ2) is 4.59. The van der Waals surface area contributed by atoms with E-state index >= 15 is 0 Å². The summed E-state index contributed by atoms with van der Waals surface area (Å²) in [6.07, 6.45) is 4.24. The molecule has 0 saturated heterocycles. The van der Waals surface area contributed by atoms with Gasteiger partial charge >= 0.3 is 0 Å². The van der Waals surface area contributed by atoms with Crippen molar-refractivity contribution in [3.63, 3.8) is 0 Å². The Hall–Kier alpha value is -2.58. The number of hydrazone groups is 2. The Bertz CT molecular complexity index is 665. The Labute approximate surface area is 108 Å². The minimum absolute atomic E-state index is 0.531. The summed E-state index contributed by atoms with van der Waals surface area (Å²) in [7, 11) is 0. The summed E-state index contributed by atoms with van der Waals surface area (Å²) in [5.41, 5.74) is 10.9. The summed E-state index contributed by atoms with van der Waals surface area (Å²) >= 11 is 0. The van der Waals surface area contributed by atoms with Crippen LogP contribution in [-0.4, -0.2) is 33.2 Å². The van der Waals surface area contributed by atoms with Crippen molar-refractivity contribution in [2.75, 3.05) is 5.43 Å². The molecule has 0 fully saturated rings. The van der Waals surface area contributed by atoms with Crippen molar-refractivity contribution in [2.45, 2.75) is 6.17 Å². The summed E-state index contributed by atoms with van der Waals surface area (Å²) < 4.78 is 0. The van der Waals surface area contributed by atoms with Crippen molar-refractivity contribution >= 4 is 28.5 Å². The fraction of sp³-hybridized carbons (Fsp3) is 0.0909. The number of aromatic nitrogens is 2. The third-order valence-corrected chi connectivity index (χ3v) is 2.73. The van der Waals surface area contributed by atoms with Crippen molar-refractivity contribution in [3.05, 3.63) is 30.7 Å². The molecular weight excluding hydrogens is 244 g/mol. The number of hydrazine groups is 1. The van der Waals surface area contributed by atoms with Gasteiger partial charge < -0.3 is 5.73 Å². The lowest BCUT2D eigenvalue weighted by molar-refractivity contribution is 0.280. The molecule has 0 spiro atoms. The largest absolute Gasteiger partial charge is 0.303 e. The molecular formula is C11H12N8. The monoisotopic (exact) mass is 256 g/mol. The highest BCUT2D eigenvalue weighted by atomic mass is 15.7. The average Bonchev–Trinajstić information content (AvgIpc) is 2.76. The Kier molecular flexibility index (Phi) is 2.78. The molecule has 2 aromatic rings. The van der Waals surface area contributed by atoms with Gasteiger partial charge in [0.2, 0.25) is 0 Å². The van der Waals surface area contributed by atoms with E-state index in [1.54, 1.807) is 6.20 Å². The fourth-order valence-electron chi connectivity index (χ4n) is 1.69. The van der Waals surface area contributed by atoms with Gasteiger partial charge in [-0.3, -0.25) is 5.43 Å². The molecule has 1 atom stereocenters. The van der Waals surface area contributed by atoms with Crippen molar-refractivity contribution in [2.24, 2.45) is 21.8 Å². The van der Waals surface area contributed by atoms with Crippen LogP contribution in [0.4, 0.5) is 5.69 Å². The van der Waals surface area contributed by atoms with E-state index in [2.05, 4.69) is 25.6 Å². The van der Waals surface area contributed by atoms with Crippen LogP contribution in [-0.2, 0) is 0 Å². The van der Waals surface area contributed by atoms with E-state index in [-0.39, 0.29) is 0 Å². The molecule has 5 N–H and O–H groups in total. The number of hydrogen-bond donors (Lipinski definition) is 3. The Morgan fingerprint density at radius 3 is 3.05 bits per heavy atom. The van der Waals surface area contributed by atoms with Crippen LogP contribution in [0.25, 0.3) is 10.9 Å². The Morgan fingerprint density at radius 2 is 2.26 bits per heavy atom. The quantitative estimate of drug-likeness (QED) is 0.508. The summed E-state index contributed by atoms with van der Waals surface area (Å²) in [4.78, 5) is 8.12. The smallest absolute Gasteiger partial charge is 0.157 e. The van der Waals surface area contributed by atoms with Gasteiger partial charge in [0.25, 0.3) is 0 Å². The van der Waals surface area contributed by atoms with E-state index in [1.165, 1.54) is 12.5 Å². The maximum Gasteiger partial charge on any atom is 0.157 e. The molecule has 19 heavy (non-hydrogen) atoms. The van der Waals surface area contributed by atoms with Crippen molar-refractivity contribution < 1.29 is 0 Å². The minimum Gasteiger partial charge on any atom is -0.303 e. The number of nitrogens with zero attached hydrogens (tertiary/aromatic N) is 5. The molecule has 0 saturated carbocycles. The summed E-state index contributed by atoms with van der Waals surface area (Å²) in [6, 6.07) is 5.66. The topological polar surface area (TPSA) is 118 Å². The molecule has 0 amide bonds. The lowest BCUT2D eigenvalue weighted by Crippen LogP contribution is -2.44. The first-order valence-electron chi connectivity index (χ1n) is 5.61.